The zero-order valence-electron chi connectivity index (χ0n) is 48.2. The molecule has 2 fully saturated rings. The second-order valence-electron chi connectivity index (χ2n) is 24.7. The van der Waals surface area contributed by atoms with Gasteiger partial charge in [-0.25, -0.2) is 0 Å². The lowest BCUT2D eigenvalue weighted by atomic mass is 9.30. The number of rotatable bonds is 8. The number of hydrogen-bond donors (Lipinski definition) is 0. The highest BCUT2D eigenvalue weighted by Gasteiger charge is 2.49. The van der Waals surface area contributed by atoms with Gasteiger partial charge < -0.3 is 24.5 Å². The van der Waals surface area contributed by atoms with Gasteiger partial charge in [0.25, 0.3) is 13.4 Å². The van der Waals surface area contributed by atoms with Crippen LogP contribution in [0.5, 0.6) is 0 Å². The Kier molecular flexibility index (Phi) is 11.8. The first kappa shape index (κ1) is 50.1. The molecule has 2 saturated carbocycles. The largest absolute Gasteiger partial charge is 0.365 e. The lowest BCUT2D eigenvalue weighted by molar-refractivity contribution is 0.340. The molecular weight excluding hydrogens is 1060 g/mol. The van der Waals surface area contributed by atoms with Gasteiger partial charge in [0.2, 0.25) is 0 Å². The quantitative estimate of drug-likeness (QED) is 0.141. The first-order valence-corrected chi connectivity index (χ1v) is 32.3. The van der Waals surface area contributed by atoms with Gasteiger partial charge in [0.15, 0.2) is 0 Å². The number of anilines is 13. The Morgan fingerprint density at radius 1 is 0.326 bits per heavy atom. The van der Waals surface area contributed by atoms with E-state index in [0.717, 1.165) is 11.4 Å². The number of fused-ring (bicyclic) bond motifs is 11. The van der Waals surface area contributed by atoms with Crippen molar-refractivity contribution in [3.05, 3.63) is 249 Å². The van der Waals surface area contributed by atoms with E-state index in [1.54, 1.807) is 0 Å². The van der Waals surface area contributed by atoms with Crippen LogP contribution in [0.4, 0.5) is 73.9 Å². The predicted octanol–water partition coefficient (Wildman–Crippen LogP) is 17.4. The second kappa shape index (κ2) is 20.2. The predicted molar refractivity (Wildman–Crippen MR) is 369 cm³/mol. The topological polar surface area (TPSA) is 16.2 Å². The van der Waals surface area contributed by atoms with Crippen LogP contribution in [0.25, 0.3) is 31.3 Å². The molecule has 4 aliphatic heterocycles. The summed E-state index contributed by atoms with van der Waals surface area (Å²) in [4.78, 5) is 13.5. The fourth-order valence-electron chi connectivity index (χ4n) is 16.5. The van der Waals surface area contributed by atoms with Crippen molar-refractivity contribution in [2.24, 2.45) is 0 Å². The molecule has 412 valence electrons. The molecule has 5 nitrogen and oxygen atoms in total. The van der Waals surface area contributed by atoms with Gasteiger partial charge in [-0.3, -0.25) is 0 Å². The third kappa shape index (κ3) is 7.71. The molecule has 11 aromatic carbocycles. The van der Waals surface area contributed by atoms with E-state index in [2.05, 4.69) is 273 Å². The molecule has 0 spiro atoms. The van der Waals surface area contributed by atoms with Gasteiger partial charge in [0, 0.05) is 106 Å². The Balaban J connectivity index is 0.951. The van der Waals surface area contributed by atoms with Gasteiger partial charge in [0.05, 0.1) is 0 Å². The summed E-state index contributed by atoms with van der Waals surface area (Å²) in [5.41, 5.74) is 26.3. The van der Waals surface area contributed by atoms with Crippen molar-refractivity contribution in [2.45, 2.75) is 76.3 Å². The molecule has 0 saturated heterocycles. The van der Waals surface area contributed by atoms with E-state index in [1.165, 1.54) is 191 Å². The minimum absolute atomic E-state index is 0.0581. The lowest BCUT2D eigenvalue weighted by Gasteiger charge is -2.48. The van der Waals surface area contributed by atoms with Crippen molar-refractivity contribution >= 4 is 152 Å². The fraction of sp³-hybridized carbons (Fsp3) is 0.154. The van der Waals surface area contributed by atoms with Crippen molar-refractivity contribution in [1.82, 2.24) is 0 Å². The van der Waals surface area contributed by atoms with E-state index in [-0.39, 0.29) is 13.4 Å². The van der Waals surface area contributed by atoms with Crippen LogP contribution in [0, 0.1) is 0 Å². The summed E-state index contributed by atoms with van der Waals surface area (Å²) in [6.07, 6.45) is 12.9. The van der Waals surface area contributed by atoms with Gasteiger partial charge in [-0.15, -0.1) is 11.3 Å². The molecule has 0 amide bonds. The maximum Gasteiger partial charge on any atom is 0.252 e. The molecule has 0 unspecified atom stereocenters. The Morgan fingerprint density at radius 3 is 1.22 bits per heavy atom. The smallest absolute Gasteiger partial charge is 0.252 e. The molecular formula is C78H63B2N5S. The van der Waals surface area contributed by atoms with Crippen molar-refractivity contribution < 1.29 is 0 Å². The molecule has 86 heavy (non-hydrogen) atoms. The summed E-state index contributed by atoms with van der Waals surface area (Å²) in [7, 11) is 0. The number of para-hydroxylation sites is 6. The van der Waals surface area contributed by atoms with E-state index >= 15 is 0 Å². The van der Waals surface area contributed by atoms with E-state index in [4.69, 9.17) is 0 Å². The molecule has 6 aliphatic rings. The summed E-state index contributed by atoms with van der Waals surface area (Å²) in [5.74, 6) is 0. The molecule has 5 heterocycles. The number of nitrogens with zero attached hydrogens (tertiary/aromatic N) is 5. The monoisotopic (exact) mass is 1120 g/mol. The van der Waals surface area contributed by atoms with Crippen molar-refractivity contribution in [1.29, 1.82) is 0 Å². The average molecular weight is 1120 g/mol. The summed E-state index contributed by atoms with van der Waals surface area (Å²) in [6, 6.07) is 96.2. The summed E-state index contributed by atoms with van der Waals surface area (Å²) < 4.78 is 2.62. The number of thiophene rings is 1. The zero-order chi connectivity index (χ0) is 56.4. The van der Waals surface area contributed by atoms with Crippen LogP contribution < -0.4 is 57.3 Å². The Bertz CT molecular complexity index is 4600. The van der Waals surface area contributed by atoms with Gasteiger partial charge in [-0.05, 0) is 173 Å². The molecule has 0 bridgehead atoms. The van der Waals surface area contributed by atoms with Gasteiger partial charge in [0.1, 0.15) is 0 Å². The normalized spacial score (nSPS) is 15.9. The molecule has 18 rings (SSSR count). The molecule has 2 aliphatic carbocycles. The number of hydrogen-bond acceptors (Lipinski definition) is 6. The molecule has 0 radical (unpaired) electrons. The van der Waals surface area contributed by atoms with Crippen LogP contribution in [0.15, 0.2) is 249 Å². The third-order valence-corrected chi connectivity index (χ3v) is 21.2. The Labute approximate surface area is 509 Å². The maximum absolute atomic E-state index is 2.97. The van der Waals surface area contributed by atoms with Gasteiger partial charge in [-0.2, -0.15) is 0 Å². The number of benzene rings is 11. The van der Waals surface area contributed by atoms with Crippen LogP contribution in [-0.4, -0.2) is 25.5 Å². The van der Waals surface area contributed by atoms with Crippen LogP contribution in [0.1, 0.15) is 64.2 Å². The minimum Gasteiger partial charge on any atom is -0.365 e. The first-order chi connectivity index (χ1) is 42.7. The average Bonchev–Trinajstić information content (AvgIpc) is 0.823. The fourth-order valence-corrected chi connectivity index (χ4v) is 17.7. The van der Waals surface area contributed by atoms with Crippen LogP contribution in [-0.2, 0) is 0 Å². The van der Waals surface area contributed by atoms with Crippen LogP contribution in [0.2, 0.25) is 0 Å². The molecule has 0 N–H and O–H groups in total. The van der Waals surface area contributed by atoms with E-state index < -0.39 is 0 Å². The third-order valence-electron chi connectivity index (χ3n) is 20.1. The summed E-state index contributed by atoms with van der Waals surface area (Å²) in [6.45, 7) is -0.145. The Hall–Kier alpha value is -9.23. The summed E-state index contributed by atoms with van der Waals surface area (Å²) >= 11 is 1.89. The summed E-state index contributed by atoms with van der Waals surface area (Å²) in [5, 5.41) is 2.62. The molecule has 12 aromatic rings. The molecule has 1 aromatic heterocycles. The highest BCUT2D eigenvalue weighted by atomic mass is 32.1. The first-order valence-electron chi connectivity index (χ1n) is 31.5. The molecule has 8 heteroatoms. The van der Waals surface area contributed by atoms with Gasteiger partial charge >= 0.3 is 0 Å². The molecule has 0 atom stereocenters. The Morgan fingerprint density at radius 2 is 0.733 bits per heavy atom. The van der Waals surface area contributed by atoms with Crippen LogP contribution >= 0.6 is 11.3 Å². The van der Waals surface area contributed by atoms with Crippen molar-refractivity contribution in [2.75, 3.05) is 24.5 Å². The van der Waals surface area contributed by atoms with Crippen molar-refractivity contribution in [3.8, 4) is 11.1 Å². The highest BCUT2D eigenvalue weighted by Crippen LogP contribution is 2.52. The second-order valence-corrected chi connectivity index (χ2v) is 25.8. The van der Waals surface area contributed by atoms with Crippen molar-refractivity contribution in [3.63, 3.8) is 0 Å². The zero-order valence-corrected chi connectivity index (χ0v) is 49.0. The SMILES string of the molecule is c1ccc(N2c3ccccc3B3c4cc5c(cc4N(c4ccccc4)c4cc(-c6cccc7sc8ccccc8c67)cc2c43)N(c2ccccc2)c2cc(N(C3CCCCC3)C3CCCCC3)cc3c2B5c2ccccc2N3c2ccccc2)cc1. The van der Waals surface area contributed by atoms with E-state index in [0.29, 0.717) is 12.1 Å². The van der Waals surface area contributed by atoms with Crippen LogP contribution in [0.3, 0.4) is 0 Å². The highest BCUT2D eigenvalue weighted by molar-refractivity contribution is 7.26. The van der Waals surface area contributed by atoms with E-state index in [9.17, 15) is 0 Å². The minimum atomic E-state index is -0.0872. The standard InChI is InChI=1S/C78H63B2N5S/c1-7-26-53(27-8-1)81(54-28-9-2-10-29-54)59-48-72-78-73(49-59)85(58-36-17-6-18-37-58)69-51-68-64(50-65(69)80(78)63-41-21-23-43-67(63)83(72)56-32-13-4-14-33-56)79-62-40-20-22-42-66(62)82(55-30-11-3-12-31-55)70-46-52(47-71(77(70)79)84(68)57-34-15-5-16-35-57)60-39-25-45-75-76(60)61-38-19-24-44-74(61)86-75/h3-6,11-25,30-51,53-54H,1-2,7-10,26-29H2. The van der Waals surface area contributed by atoms with E-state index in [1.807, 2.05) is 11.3 Å². The maximum atomic E-state index is 2.97. The lowest BCUT2D eigenvalue weighted by Crippen LogP contribution is -2.65. The van der Waals surface area contributed by atoms with Gasteiger partial charge in [-0.1, -0.05) is 184 Å².